The van der Waals surface area contributed by atoms with Crippen molar-refractivity contribution in [2.45, 2.75) is 58.3 Å². The van der Waals surface area contributed by atoms with E-state index in [0.717, 1.165) is 19.3 Å². The molecule has 3 aromatic rings. The van der Waals surface area contributed by atoms with Crippen LogP contribution in [0.25, 0.3) is 0 Å². The molecule has 2 N–H and O–H groups in total. The van der Waals surface area contributed by atoms with Crippen molar-refractivity contribution < 1.29 is 29.0 Å². The molecule has 3 amide bonds. The molecule has 45 heavy (non-hydrogen) atoms. The van der Waals surface area contributed by atoms with E-state index in [9.17, 15) is 19.5 Å². The number of nitrogens with zero attached hydrogens (tertiary/aromatic N) is 3. The third-order valence-electron chi connectivity index (χ3n) is 8.07. The van der Waals surface area contributed by atoms with Crippen molar-refractivity contribution in [3.05, 3.63) is 89.7 Å². The number of benzene rings is 2. The molecule has 4 rings (SSSR count). The minimum Gasteiger partial charge on any atom is -0.490 e. The Hall–Kier alpha value is -4.28. The van der Waals surface area contributed by atoms with E-state index in [1.807, 2.05) is 19.9 Å². The van der Waals surface area contributed by atoms with Crippen molar-refractivity contribution in [3.8, 4) is 5.75 Å². The first-order valence-corrected chi connectivity index (χ1v) is 15.5. The number of hydrogen-bond donors (Lipinski definition) is 2. The predicted molar refractivity (Wildman–Crippen MR) is 172 cm³/mol. The highest BCUT2D eigenvalue weighted by molar-refractivity contribution is 6.05. The number of nitrogens with one attached hydrogen (secondary N) is 1. The second-order valence-corrected chi connectivity index (χ2v) is 11.8. The van der Waals surface area contributed by atoms with Crippen LogP contribution in [0.2, 0.25) is 0 Å². The van der Waals surface area contributed by atoms with Crippen molar-refractivity contribution in [2.75, 3.05) is 38.7 Å². The van der Waals surface area contributed by atoms with Gasteiger partial charge in [-0.3, -0.25) is 19.4 Å². The molecule has 0 bridgehead atoms. The quantitative estimate of drug-likeness (QED) is 0.387. The molecule has 10 nitrogen and oxygen atoms in total. The smallest absolute Gasteiger partial charge is 0.258 e. The summed E-state index contributed by atoms with van der Waals surface area (Å²) >= 11 is 0. The molecule has 10 heteroatoms. The summed E-state index contributed by atoms with van der Waals surface area (Å²) in [5.74, 6) is -0.547. The lowest BCUT2D eigenvalue weighted by Crippen LogP contribution is -2.48. The molecular weight excluding hydrogens is 572 g/mol. The van der Waals surface area contributed by atoms with Crippen molar-refractivity contribution in [2.24, 2.45) is 5.92 Å². The van der Waals surface area contributed by atoms with Gasteiger partial charge in [-0.25, -0.2) is 0 Å². The normalized spacial score (nSPS) is 20.2. The summed E-state index contributed by atoms with van der Waals surface area (Å²) in [6.07, 6.45) is 5.05. The Morgan fingerprint density at radius 3 is 2.51 bits per heavy atom. The van der Waals surface area contributed by atoms with Gasteiger partial charge in [0.05, 0.1) is 30.4 Å². The zero-order valence-electron chi connectivity index (χ0n) is 26.5. The summed E-state index contributed by atoms with van der Waals surface area (Å²) < 4.78 is 12.6. The van der Waals surface area contributed by atoms with Gasteiger partial charge in [0.2, 0.25) is 0 Å². The zero-order chi connectivity index (χ0) is 32.3. The Morgan fingerprint density at radius 2 is 1.80 bits per heavy atom. The highest BCUT2D eigenvalue weighted by Crippen LogP contribution is 2.29. The van der Waals surface area contributed by atoms with Crippen molar-refractivity contribution >= 4 is 23.4 Å². The molecule has 0 saturated carbocycles. The topological polar surface area (TPSA) is 121 Å². The van der Waals surface area contributed by atoms with E-state index >= 15 is 0 Å². The number of aliphatic hydroxyl groups is 1. The largest absolute Gasteiger partial charge is 0.490 e. The van der Waals surface area contributed by atoms with Crippen molar-refractivity contribution in [1.82, 2.24) is 14.8 Å². The molecule has 0 unspecified atom stereocenters. The van der Waals surface area contributed by atoms with Crippen LogP contribution >= 0.6 is 0 Å². The molecule has 2 aromatic carbocycles. The third kappa shape index (κ3) is 9.12. The maximum Gasteiger partial charge on any atom is 0.258 e. The highest BCUT2D eigenvalue weighted by Gasteiger charge is 2.31. The number of pyridine rings is 1. The monoisotopic (exact) mass is 616 g/mol. The Bertz CT molecular complexity index is 1420. The Morgan fingerprint density at radius 1 is 1.07 bits per heavy atom. The van der Waals surface area contributed by atoms with Crippen molar-refractivity contribution in [1.29, 1.82) is 0 Å². The summed E-state index contributed by atoms with van der Waals surface area (Å²) in [5.41, 5.74) is 1.78. The number of ether oxygens (including phenoxy) is 2. The van der Waals surface area contributed by atoms with E-state index < -0.39 is 6.04 Å². The van der Waals surface area contributed by atoms with Crippen LogP contribution in [0.15, 0.2) is 73.1 Å². The number of fused-ring (bicyclic) bond motifs is 1. The number of likely N-dealkylation sites (N-methyl/N-ethyl adjacent to an activating group) is 1. The van der Waals surface area contributed by atoms with E-state index in [1.165, 1.54) is 0 Å². The minimum atomic E-state index is -0.516. The van der Waals surface area contributed by atoms with Gasteiger partial charge < -0.3 is 29.7 Å². The molecule has 0 saturated heterocycles. The maximum atomic E-state index is 14.3. The summed E-state index contributed by atoms with van der Waals surface area (Å²) in [6, 6.07) is 16.8. The Labute approximate surface area is 265 Å². The number of rotatable bonds is 7. The number of carbonyl (C=O) groups excluding carboxylic acids is 3. The van der Waals surface area contributed by atoms with Gasteiger partial charge in [0.15, 0.2) is 0 Å². The summed E-state index contributed by atoms with van der Waals surface area (Å²) in [4.78, 5) is 47.6. The van der Waals surface area contributed by atoms with E-state index in [2.05, 4.69) is 10.3 Å². The van der Waals surface area contributed by atoms with Gasteiger partial charge in [0.25, 0.3) is 17.7 Å². The molecule has 0 spiro atoms. The lowest BCUT2D eigenvalue weighted by Gasteiger charge is -2.36. The third-order valence-corrected chi connectivity index (χ3v) is 8.07. The Balaban J connectivity index is 1.63. The van der Waals surface area contributed by atoms with Gasteiger partial charge in [-0.05, 0) is 75.6 Å². The van der Waals surface area contributed by atoms with Crippen LogP contribution in [0, 0.1) is 5.92 Å². The minimum absolute atomic E-state index is 0.144. The van der Waals surface area contributed by atoms with Gasteiger partial charge in [-0.15, -0.1) is 0 Å². The summed E-state index contributed by atoms with van der Waals surface area (Å²) in [5, 5.41) is 13.1. The van der Waals surface area contributed by atoms with Gasteiger partial charge in [-0.1, -0.05) is 25.1 Å². The van der Waals surface area contributed by atoms with Gasteiger partial charge in [0, 0.05) is 61.9 Å². The van der Waals surface area contributed by atoms with Crippen molar-refractivity contribution in [3.63, 3.8) is 0 Å². The zero-order valence-corrected chi connectivity index (χ0v) is 26.5. The van der Waals surface area contributed by atoms with Crippen LogP contribution in [-0.4, -0.2) is 89.2 Å². The number of aromatic nitrogens is 1. The molecule has 0 fully saturated rings. The number of hydrogen-bond acceptors (Lipinski definition) is 7. The van der Waals surface area contributed by atoms with Crippen LogP contribution in [0.3, 0.4) is 0 Å². The molecule has 1 aliphatic rings. The van der Waals surface area contributed by atoms with E-state index in [-0.39, 0.29) is 49.0 Å². The molecular formula is C35H44N4O6. The maximum absolute atomic E-state index is 14.3. The molecule has 0 radical (unpaired) electrons. The number of aliphatic hydroxyl groups excluding tert-OH is 1. The van der Waals surface area contributed by atoms with Crippen LogP contribution in [0.1, 0.15) is 71.1 Å². The number of amides is 3. The van der Waals surface area contributed by atoms with Crippen LogP contribution in [0.5, 0.6) is 5.75 Å². The summed E-state index contributed by atoms with van der Waals surface area (Å²) in [6.45, 7) is 6.58. The molecule has 2 heterocycles. The van der Waals surface area contributed by atoms with Gasteiger partial charge in [-0.2, -0.15) is 0 Å². The fraction of sp³-hybridized carbons (Fsp3) is 0.429. The molecule has 4 atom stereocenters. The lowest BCUT2D eigenvalue weighted by atomic mass is 10.0. The first kappa shape index (κ1) is 33.6. The summed E-state index contributed by atoms with van der Waals surface area (Å²) in [7, 11) is 1.74. The van der Waals surface area contributed by atoms with Gasteiger partial charge in [0.1, 0.15) is 5.75 Å². The number of carbonyl (C=O) groups is 3. The van der Waals surface area contributed by atoms with E-state index in [0.29, 0.717) is 41.3 Å². The first-order valence-electron chi connectivity index (χ1n) is 15.5. The average Bonchev–Trinajstić information content (AvgIpc) is 3.06. The lowest BCUT2D eigenvalue weighted by molar-refractivity contribution is -0.0149. The molecule has 0 aliphatic carbocycles. The fourth-order valence-electron chi connectivity index (χ4n) is 5.32. The molecule has 1 aliphatic heterocycles. The average molecular weight is 617 g/mol. The fourth-order valence-corrected chi connectivity index (χ4v) is 5.32. The van der Waals surface area contributed by atoms with Crippen LogP contribution < -0.4 is 10.1 Å². The second-order valence-electron chi connectivity index (χ2n) is 11.8. The first-order chi connectivity index (χ1) is 21.7. The van der Waals surface area contributed by atoms with Crippen LogP contribution in [-0.2, 0) is 4.74 Å². The standard InChI is InChI=1S/C35H44N4O6/c1-24-21-39(25(2)23-40)35(43)30-20-29(37-33(41)27-11-6-5-7-12-27)13-14-31(30)45-26(3)10-8-9-19-44-32(24)22-38(4)34(42)28-15-17-36-18-16-28/h5-7,11-18,20,24-26,32,40H,8-10,19,21-23H2,1-4H3,(H,37,41)/t24-,25+,26-,32+/m1/s1. The SMILES string of the molecule is C[C@@H]1CCCCO[C@@H](CN(C)C(=O)c2ccncc2)[C@H](C)CN([C@@H](C)CO)C(=O)c2cc(NC(=O)c3ccccc3)ccc2O1. The highest BCUT2D eigenvalue weighted by atomic mass is 16.5. The molecule has 240 valence electrons. The van der Waals surface area contributed by atoms with Crippen LogP contribution in [0.4, 0.5) is 5.69 Å². The predicted octanol–water partition coefficient (Wildman–Crippen LogP) is 4.90. The van der Waals surface area contributed by atoms with E-state index in [1.54, 1.807) is 90.8 Å². The molecule has 1 aromatic heterocycles. The number of anilines is 1. The van der Waals surface area contributed by atoms with E-state index in [4.69, 9.17) is 9.47 Å². The Kier molecular flexibility index (Phi) is 12.1. The second kappa shape index (κ2) is 16.2. The van der Waals surface area contributed by atoms with Gasteiger partial charge >= 0.3 is 0 Å².